The number of halogens is 1. The highest BCUT2D eigenvalue weighted by atomic mass is 35.5. The molecule has 1 saturated heterocycles. The van der Waals surface area contributed by atoms with E-state index in [2.05, 4.69) is 24.0 Å². The molecule has 0 bridgehead atoms. The van der Waals surface area contributed by atoms with E-state index in [0.717, 1.165) is 43.3 Å². The maximum Gasteiger partial charge on any atom is 0.0670 e. The number of anilines is 1. The Bertz CT molecular complexity index is 423. The van der Waals surface area contributed by atoms with Crippen LogP contribution in [0.1, 0.15) is 25.8 Å². The molecule has 0 radical (unpaired) electrons. The average Bonchev–Trinajstić information content (AvgIpc) is 2.38. The van der Waals surface area contributed by atoms with Crippen molar-refractivity contribution in [3.63, 3.8) is 0 Å². The van der Waals surface area contributed by atoms with Gasteiger partial charge in [0.15, 0.2) is 0 Å². The first kappa shape index (κ1) is 14.6. The van der Waals surface area contributed by atoms with Crippen molar-refractivity contribution in [2.75, 3.05) is 24.7 Å². The van der Waals surface area contributed by atoms with Crippen LogP contribution in [0.2, 0.25) is 5.02 Å². The molecule has 2 rings (SSSR count). The lowest BCUT2D eigenvalue weighted by molar-refractivity contribution is 0.0930. The van der Waals surface area contributed by atoms with E-state index in [9.17, 15) is 0 Å². The molecule has 3 nitrogen and oxygen atoms in total. The highest BCUT2D eigenvalue weighted by molar-refractivity contribution is 6.33. The fourth-order valence-electron chi connectivity index (χ4n) is 2.59. The molecule has 0 aromatic heterocycles. The SMILES string of the molecule is CCC1COCCN1c1ccc(CC(C)N)cc1Cl. The molecule has 2 unspecified atom stereocenters. The van der Waals surface area contributed by atoms with Gasteiger partial charge in [0.05, 0.1) is 30.0 Å². The van der Waals surface area contributed by atoms with Crippen LogP contribution in [0.4, 0.5) is 5.69 Å². The Labute approximate surface area is 120 Å². The maximum absolute atomic E-state index is 6.45. The maximum atomic E-state index is 6.45. The van der Waals surface area contributed by atoms with Crippen molar-refractivity contribution in [3.05, 3.63) is 28.8 Å². The molecular formula is C15H23ClN2O. The summed E-state index contributed by atoms with van der Waals surface area (Å²) in [7, 11) is 0. The monoisotopic (exact) mass is 282 g/mol. The predicted molar refractivity (Wildman–Crippen MR) is 81.0 cm³/mol. The molecule has 1 heterocycles. The van der Waals surface area contributed by atoms with Crippen LogP contribution < -0.4 is 10.6 Å². The fraction of sp³-hybridized carbons (Fsp3) is 0.600. The molecule has 0 aliphatic carbocycles. The van der Waals surface area contributed by atoms with Gasteiger partial charge in [-0.25, -0.2) is 0 Å². The van der Waals surface area contributed by atoms with Gasteiger partial charge in [-0.15, -0.1) is 0 Å². The lowest BCUT2D eigenvalue weighted by Gasteiger charge is -2.37. The molecule has 0 spiro atoms. The highest BCUT2D eigenvalue weighted by Crippen LogP contribution is 2.30. The van der Waals surface area contributed by atoms with Crippen molar-refractivity contribution in [2.24, 2.45) is 5.73 Å². The van der Waals surface area contributed by atoms with E-state index in [1.54, 1.807) is 0 Å². The van der Waals surface area contributed by atoms with Crippen LogP contribution in [-0.2, 0) is 11.2 Å². The molecule has 1 aromatic rings. The minimum atomic E-state index is 0.161. The van der Waals surface area contributed by atoms with E-state index in [1.165, 1.54) is 5.56 Å². The first-order chi connectivity index (χ1) is 9.11. The molecule has 4 heteroatoms. The Hall–Kier alpha value is -0.770. The number of hydrogen-bond acceptors (Lipinski definition) is 3. The van der Waals surface area contributed by atoms with Crippen LogP contribution in [-0.4, -0.2) is 31.8 Å². The van der Waals surface area contributed by atoms with E-state index in [1.807, 2.05) is 13.0 Å². The number of nitrogens with two attached hydrogens (primary N) is 1. The average molecular weight is 283 g/mol. The summed E-state index contributed by atoms with van der Waals surface area (Å²) in [6.45, 7) is 6.66. The molecule has 1 aliphatic heterocycles. The van der Waals surface area contributed by atoms with Crippen LogP contribution in [0.3, 0.4) is 0 Å². The van der Waals surface area contributed by atoms with E-state index >= 15 is 0 Å². The molecule has 0 amide bonds. The summed E-state index contributed by atoms with van der Waals surface area (Å²) in [6, 6.07) is 6.88. The summed E-state index contributed by atoms with van der Waals surface area (Å²) in [5, 5.41) is 0.818. The second kappa shape index (κ2) is 6.60. The van der Waals surface area contributed by atoms with Crippen LogP contribution in [0, 0.1) is 0 Å². The van der Waals surface area contributed by atoms with Gasteiger partial charge in [0.1, 0.15) is 0 Å². The summed E-state index contributed by atoms with van der Waals surface area (Å²) < 4.78 is 5.54. The van der Waals surface area contributed by atoms with Gasteiger partial charge in [-0.1, -0.05) is 24.6 Å². The zero-order chi connectivity index (χ0) is 13.8. The summed E-state index contributed by atoms with van der Waals surface area (Å²) in [5.74, 6) is 0. The van der Waals surface area contributed by atoms with E-state index < -0.39 is 0 Å². The summed E-state index contributed by atoms with van der Waals surface area (Å²) >= 11 is 6.45. The van der Waals surface area contributed by atoms with Gasteiger partial charge in [-0.05, 0) is 37.5 Å². The van der Waals surface area contributed by atoms with Crippen molar-refractivity contribution >= 4 is 17.3 Å². The molecule has 0 saturated carbocycles. The van der Waals surface area contributed by atoms with Crippen molar-refractivity contribution in [3.8, 4) is 0 Å². The highest BCUT2D eigenvalue weighted by Gasteiger charge is 2.23. The van der Waals surface area contributed by atoms with Gasteiger partial charge in [0, 0.05) is 12.6 Å². The van der Waals surface area contributed by atoms with Crippen molar-refractivity contribution in [2.45, 2.75) is 38.8 Å². The number of rotatable bonds is 4. The fourth-order valence-corrected chi connectivity index (χ4v) is 2.90. The quantitative estimate of drug-likeness (QED) is 0.923. The molecule has 1 fully saturated rings. The second-order valence-electron chi connectivity index (χ2n) is 5.30. The smallest absolute Gasteiger partial charge is 0.0670 e. The van der Waals surface area contributed by atoms with Crippen LogP contribution >= 0.6 is 11.6 Å². The lowest BCUT2D eigenvalue weighted by atomic mass is 10.1. The summed E-state index contributed by atoms with van der Waals surface area (Å²) in [5.41, 5.74) is 8.14. The molecule has 106 valence electrons. The third-order valence-electron chi connectivity index (χ3n) is 3.58. The third-order valence-corrected chi connectivity index (χ3v) is 3.88. The molecule has 2 N–H and O–H groups in total. The van der Waals surface area contributed by atoms with Gasteiger partial charge >= 0.3 is 0 Å². The minimum absolute atomic E-state index is 0.161. The number of morpholine rings is 1. The first-order valence-corrected chi connectivity index (χ1v) is 7.38. The van der Waals surface area contributed by atoms with Crippen molar-refractivity contribution in [1.29, 1.82) is 0 Å². The van der Waals surface area contributed by atoms with Gasteiger partial charge in [-0.3, -0.25) is 0 Å². The minimum Gasteiger partial charge on any atom is -0.377 e. The molecule has 1 aromatic carbocycles. The summed E-state index contributed by atoms with van der Waals surface area (Å²) in [4.78, 5) is 2.36. The lowest BCUT2D eigenvalue weighted by Crippen LogP contribution is -2.45. The van der Waals surface area contributed by atoms with Gasteiger partial charge < -0.3 is 15.4 Å². The zero-order valence-corrected chi connectivity index (χ0v) is 12.5. The number of hydrogen-bond donors (Lipinski definition) is 1. The Balaban J connectivity index is 2.19. The van der Waals surface area contributed by atoms with Crippen molar-refractivity contribution in [1.82, 2.24) is 0 Å². The van der Waals surface area contributed by atoms with E-state index in [4.69, 9.17) is 22.1 Å². The number of nitrogens with zero attached hydrogens (tertiary/aromatic N) is 1. The van der Waals surface area contributed by atoms with Crippen molar-refractivity contribution < 1.29 is 4.74 Å². The van der Waals surface area contributed by atoms with E-state index in [-0.39, 0.29) is 6.04 Å². The Morgan fingerprint density at radius 3 is 2.95 bits per heavy atom. The Morgan fingerprint density at radius 2 is 2.32 bits per heavy atom. The summed E-state index contributed by atoms with van der Waals surface area (Å²) in [6.07, 6.45) is 1.93. The zero-order valence-electron chi connectivity index (χ0n) is 11.7. The normalized spacial score (nSPS) is 21.5. The molecular weight excluding hydrogens is 260 g/mol. The van der Waals surface area contributed by atoms with Gasteiger partial charge in [-0.2, -0.15) is 0 Å². The largest absolute Gasteiger partial charge is 0.377 e. The molecule has 2 atom stereocenters. The number of ether oxygens (including phenoxy) is 1. The third kappa shape index (κ3) is 3.62. The van der Waals surface area contributed by atoms with Crippen LogP contribution in [0.15, 0.2) is 18.2 Å². The van der Waals surface area contributed by atoms with Crippen LogP contribution in [0.25, 0.3) is 0 Å². The molecule has 1 aliphatic rings. The number of benzene rings is 1. The standard InChI is InChI=1S/C15H23ClN2O/c1-3-13-10-19-7-6-18(13)15-5-4-12(8-11(2)17)9-14(15)16/h4-5,9,11,13H,3,6-8,10,17H2,1-2H3. The second-order valence-corrected chi connectivity index (χ2v) is 5.70. The van der Waals surface area contributed by atoms with E-state index in [0.29, 0.717) is 6.04 Å². The first-order valence-electron chi connectivity index (χ1n) is 7.00. The van der Waals surface area contributed by atoms with Gasteiger partial charge in [0.25, 0.3) is 0 Å². The van der Waals surface area contributed by atoms with Gasteiger partial charge in [0.2, 0.25) is 0 Å². The Morgan fingerprint density at radius 1 is 1.53 bits per heavy atom. The molecule has 19 heavy (non-hydrogen) atoms. The predicted octanol–water partition coefficient (Wildman–Crippen LogP) is 2.84. The Kier molecular flexibility index (Phi) is 5.08. The van der Waals surface area contributed by atoms with Crippen LogP contribution in [0.5, 0.6) is 0 Å². The topological polar surface area (TPSA) is 38.5 Å².